The van der Waals surface area contributed by atoms with Crippen molar-refractivity contribution in [3.63, 3.8) is 0 Å². The second-order valence-electron chi connectivity index (χ2n) is 3.68. The van der Waals surface area contributed by atoms with E-state index in [2.05, 4.69) is 4.99 Å². The Morgan fingerprint density at radius 1 is 1.38 bits per heavy atom. The van der Waals surface area contributed by atoms with Gasteiger partial charge >= 0.3 is 5.97 Å². The van der Waals surface area contributed by atoms with Gasteiger partial charge in [-0.1, -0.05) is 30.3 Å². The monoisotopic (exact) mass is 215 g/mol. The summed E-state index contributed by atoms with van der Waals surface area (Å²) in [5.41, 5.74) is 0.224. The number of rotatable bonds is 2. The van der Waals surface area contributed by atoms with Crippen molar-refractivity contribution in [2.45, 2.75) is 11.8 Å². The number of ether oxygens (including phenoxy) is 1. The molecule has 0 N–H and O–H groups in total. The van der Waals surface area contributed by atoms with Crippen LogP contribution in [0.3, 0.4) is 0 Å². The van der Waals surface area contributed by atoms with Gasteiger partial charge in [-0.25, -0.2) is 0 Å². The van der Waals surface area contributed by atoms with Crippen molar-refractivity contribution >= 4 is 12.2 Å². The molecule has 0 saturated heterocycles. The quantitative estimate of drug-likeness (QED) is 0.708. The molecule has 1 aliphatic rings. The lowest BCUT2D eigenvalue weighted by molar-refractivity contribution is -0.145. The van der Waals surface area contributed by atoms with E-state index in [1.807, 2.05) is 30.3 Å². The fourth-order valence-electron chi connectivity index (χ4n) is 1.90. The summed E-state index contributed by atoms with van der Waals surface area (Å²) in [5, 5.41) is 0. The molecule has 1 aliphatic heterocycles. The van der Waals surface area contributed by atoms with Crippen molar-refractivity contribution in [3.8, 4) is 0 Å². The molecule has 1 aromatic rings. The first kappa shape index (κ1) is 10.6. The number of methoxy groups -OCH3 is 1. The first-order valence-corrected chi connectivity index (χ1v) is 5.13. The number of carbonyl (C=O) groups excluding carboxylic acids is 1. The van der Waals surface area contributed by atoms with Gasteiger partial charge in [-0.2, -0.15) is 0 Å². The number of nitrogens with zero attached hydrogens (tertiary/aromatic N) is 1. The summed E-state index contributed by atoms with van der Waals surface area (Å²) in [6.45, 7) is 0. The van der Waals surface area contributed by atoms with Crippen molar-refractivity contribution in [1.82, 2.24) is 0 Å². The van der Waals surface area contributed by atoms with E-state index >= 15 is 0 Å². The fourth-order valence-corrected chi connectivity index (χ4v) is 1.90. The topological polar surface area (TPSA) is 38.7 Å². The smallest absolute Gasteiger partial charge is 0.320 e. The van der Waals surface area contributed by atoms with Crippen molar-refractivity contribution in [2.24, 2.45) is 4.99 Å². The van der Waals surface area contributed by atoms with Crippen molar-refractivity contribution in [3.05, 3.63) is 48.2 Å². The van der Waals surface area contributed by atoms with Gasteiger partial charge in [-0.05, 0) is 11.6 Å². The first-order valence-electron chi connectivity index (χ1n) is 5.13. The highest BCUT2D eigenvalue weighted by molar-refractivity contribution is 5.90. The van der Waals surface area contributed by atoms with E-state index in [4.69, 9.17) is 4.74 Å². The Morgan fingerprint density at radius 3 is 2.69 bits per heavy atom. The highest BCUT2D eigenvalue weighted by Gasteiger charge is 2.39. The molecule has 82 valence electrons. The molecule has 1 unspecified atom stereocenters. The normalized spacial score (nSPS) is 23.1. The largest absolute Gasteiger partial charge is 0.468 e. The molecule has 0 amide bonds. The minimum absolute atomic E-state index is 0.249. The van der Waals surface area contributed by atoms with Crippen LogP contribution in [0.1, 0.15) is 12.0 Å². The average molecular weight is 215 g/mol. The summed E-state index contributed by atoms with van der Waals surface area (Å²) >= 11 is 0. The fraction of sp³-hybridized carbons (Fsp3) is 0.231. The second kappa shape index (κ2) is 4.31. The second-order valence-corrected chi connectivity index (χ2v) is 3.68. The van der Waals surface area contributed by atoms with Gasteiger partial charge < -0.3 is 4.74 Å². The van der Waals surface area contributed by atoms with E-state index in [9.17, 15) is 4.79 Å². The van der Waals surface area contributed by atoms with Gasteiger partial charge in [0.2, 0.25) is 0 Å². The van der Waals surface area contributed by atoms with Crippen LogP contribution in [0.2, 0.25) is 0 Å². The number of hydrogen-bond donors (Lipinski definition) is 0. The zero-order chi connectivity index (χ0) is 11.4. The third-order valence-corrected chi connectivity index (χ3v) is 2.80. The number of aliphatic imine (C=N–C) groups is 1. The van der Waals surface area contributed by atoms with Gasteiger partial charge in [0.25, 0.3) is 0 Å². The maximum absolute atomic E-state index is 12.0. The number of hydrogen-bond acceptors (Lipinski definition) is 3. The van der Waals surface area contributed by atoms with Gasteiger partial charge in [-0.3, -0.25) is 9.79 Å². The van der Waals surface area contributed by atoms with Gasteiger partial charge in [-0.15, -0.1) is 0 Å². The molecule has 0 fully saturated rings. The van der Waals surface area contributed by atoms with Crippen LogP contribution in [-0.2, 0) is 14.9 Å². The summed E-state index contributed by atoms with van der Waals surface area (Å²) in [5.74, 6) is -0.249. The standard InChI is InChI=1S/C13H13NO2/c1-16-12(15)13(7-9-14-10-8-13)11-5-3-2-4-6-11/h2-7,9-10H,8H2,1H3. The first-order chi connectivity index (χ1) is 7.79. The van der Waals surface area contributed by atoms with Crippen LogP contribution in [0, 0.1) is 0 Å². The molecule has 2 rings (SSSR count). The minimum Gasteiger partial charge on any atom is -0.468 e. The Morgan fingerprint density at radius 2 is 2.12 bits per heavy atom. The van der Waals surface area contributed by atoms with Crippen molar-refractivity contribution < 1.29 is 9.53 Å². The highest BCUT2D eigenvalue weighted by atomic mass is 16.5. The predicted molar refractivity (Wildman–Crippen MR) is 62.4 cm³/mol. The molecule has 0 bridgehead atoms. The summed E-state index contributed by atoms with van der Waals surface area (Å²) in [7, 11) is 1.41. The summed E-state index contributed by atoms with van der Waals surface area (Å²) in [6.07, 6.45) is 5.73. The number of benzene rings is 1. The lowest BCUT2D eigenvalue weighted by Crippen LogP contribution is -2.36. The van der Waals surface area contributed by atoms with E-state index < -0.39 is 5.41 Å². The summed E-state index contributed by atoms with van der Waals surface area (Å²) in [6, 6.07) is 9.62. The Kier molecular flexibility index (Phi) is 2.86. The van der Waals surface area contributed by atoms with Crippen molar-refractivity contribution in [2.75, 3.05) is 7.11 Å². The predicted octanol–water partition coefficient (Wildman–Crippen LogP) is 2.09. The average Bonchev–Trinajstić information content (AvgIpc) is 2.39. The maximum Gasteiger partial charge on any atom is 0.320 e. The Labute approximate surface area is 94.5 Å². The molecule has 16 heavy (non-hydrogen) atoms. The lowest BCUT2D eigenvalue weighted by atomic mass is 9.77. The maximum atomic E-state index is 12.0. The van der Waals surface area contributed by atoms with Crippen LogP contribution in [-0.4, -0.2) is 19.3 Å². The van der Waals surface area contributed by atoms with Gasteiger partial charge in [0.1, 0.15) is 5.41 Å². The molecular weight excluding hydrogens is 202 g/mol. The van der Waals surface area contributed by atoms with Gasteiger partial charge in [0, 0.05) is 18.8 Å². The molecule has 0 aromatic heterocycles. The highest BCUT2D eigenvalue weighted by Crippen LogP contribution is 2.32. The molecule has 0 aliphatic carbocycles. The van der Waals surface area contributed by atoms with E-state index in [0.717, 1.165) is 5.56 Å². The number of carbonyl (C=O) groups is 1. The molecule has 0 saturated carbocycles. The third kappa shape index (κ3) is 1.65. The Bertz CT molecular complexity index is 437. The van der Waals surface area contributed by atoms with Gasteiger partial charge in [0.05, 0.1) is 7.11 Å². The van der Waals surface area contributed by atoms with Crippen LogP contribution in [0.4, 0.5) is 0 Å². The Hall–Kier alpha value is -1.90. The van der Waals surface area contributed by atoms with E-state index in [1.165, 1.54) is 7.11 Å². The lowest BCUT2D eigenvalue weighted by Gasteiger charge is -2.28. The molecule has 3 nitrogen and oxygen atoms in total. The SMILES string of the molecule is COC(=O)C1(c2ccccc2)C=CN=CC1. The summed E-state index contributed by atoms with van der Waals surface area (Å²) in [4.78, 5) is 16.0. The van der Waals surface area contributed by atoms with Crippen LogP contribution < -0.4 is 0 Å². The molecule has 0 radical (unpaired) electrons. The third-order valence-electron chi connectivity index (χ3n) is 2.80. The van der Waals surface area contributed by atoms with E-state index in [0.29, 0.717) is 6.42 Å². The van der Waals surface area contributed by atoms with Crippen LogP contribution in [0.25, 0.3) is 0 Å². The van der Waals surface area contributed by atoms with Crippen molar-refractivity contribution in [1.29, 1.82) is 0 Å². The minimum atomic E-state index is -0.711. The van der Waals surface area contributed by atoms with E-state index in [1.54, 1.807) is 18.5 Å². The summed E-state index contributed by atoms with van der Waals surface area (Å²) < 4.78 is 4.90. The molecule has 3 heteroatoms. The Balaban J connectivity index is 2.47. The molecular formula is C13H13NO2. The molecule has 1 heterocycles. The molecule has 0 spiro atoms. The van der Waals surface area contributed by atoms with Crippen LogP contribution in [0.5, 0.6) is 0 Å². The van der Waals surface area contributed by atoms with Crippen LogP contribution in [0.15, 0.2) is 47.6 Å². The molecule has 1 atom stereocenters. The zero-order valence-electron chi connectivity index (χ0n) is 9.09. The van der Waals surface area contributed by atoms with Gasteiger partial charge in [0.15, 0.2) is 0 Å². The zero-order valence-corrected chi connectivity index (χ0v) is 9.09. The molecule has 1 aromatic carbocycles. The number of esters is 1. The van der Waals surface area contributed by atoms with Crippen LogP contribution >= 0.6 is 0 Å². The van der Waals surface area contributed by atoms with E-state index in [-0.39, 0.29) is 5.97 Å².